The van der Waals surface area contributed by atoms with E-state index in [1.807, 2.05) is 27.7 Å². The molecule has 4 heteroatoms. The highest BCUT2D eigenvalue weighted by molar-refractivity contribution is 5.70. The Labute approximate surface area is 116 Å². The lowest BCUT2D eigenvalue weighted by Gasteiger charge is -2.27. The fourth-order valence-electron chi connectivity index (χ4n) is 2.52. The molecule has 0 spiro atoms. The molecule has 0 aromatic carbocycles. The minimum atomic E-state index is -0.412. The van der Waals surface area contributed by atoms with Crippen molar-refractivity contribution in [2.24, 2.45) is 5.92 Å². The SMILES string of the molecule is CC(CC(=O)OC(C)(C)C)NCC1CCCC(O)C1. The second kappa shape index (κ2) is 7.25. The van der Waals surface area contributed by atoms with Gasteiger partial charge in [0.1, 0.15) is 5.60 Å². The van der Waals surface area contributed by atoms with Crippen molar-refractivity contribution in [2.75, 3.05) is 6.54 Å². The van der Waals surface area contributed by atoms with E-state index in [-0.39, 0.29) is 18.1 Å². The van der Waals surface area contributed by atoms with E-state index in [1.165, 1.54) is 6.42 Å². The molecule has 0 aromatic heterocycles. The Morgan fingerprint density at radius 2 is 2.11 bits per heavy atom. The van der Waals surface area contributed by atoms with Crippen LogP contribution < -0.4 is 5.32 Å². The monoisotopic (exact) mass is 271 g/mol. The van der Waals surface area contributed by atoms with Gasteiger partial charge in [-0.15, -0.1) is 0 Å². The number of aliphatic hydroxyl groups excluding tert-OH is 1. The summed E-state index contributed by atoms with van der Waals surface area (Å²) in [7, 11) is 0. The van der Waals surface area contributed by atoms with Gasteiger partial charge < -0.3 is 15.2 Å². The van der Waals surface area contributed by atoms with Gasteiger partial charge in [-0.25, -0.2) is 0 Å². The molecule has 0 bridgehead atoms. The summed E-state index contributed by atoms with van der Waals surface area (Å²) in [5.41, 5.74) is -0.412. The van der Waals surface area contributed by atoms with Crippen LogP contribution in [0.15, 0.2) is 0 Å². The molecule has 0 saturated heterocycles. The quantitative estimate of drug-likeness (QED) is 0.753. The van der Waals surface area contributed by atoms with E-state index >= 15 is 0 Å². The molecule has 1 fully saturated rings. The largest absolute Gasteiger partial charge is 0.460 e. The van der Waals surface area contributed by atoms with Crippen LogP contribution in [0.2, 0.25) is 0 Å². The maximum atomic E-state index is 11.7. The Bertz CT molecular complexity index is 286. The minimum Gasteiger partial charge on any atom is -0.460 e. The molecule has 0 amide bonds. The van der Waals surface area contributed by atoms with Crippen LogP contribution in [-0.2, 0) is 9.53 Å². The number of hydrogen-bond donors (Lipinski definition) is 2. The zero-order valence-electron chi connectivity index (χ0n) is 12.7. The number of rotatable bonds is 5. The summed E-state index contributed by atoms with van der Waals surface area (Å²) < 4.78 is 5.30. The number of esters is 1. The summed E-state index contributed by atoms with van der Waals surface area (Å²) in [6.07, 6.45) is 4.35. The highest BCUT2D eigenvalue weighted by Gasteiger charge is 2.22. The smallest absolute Gasteiger partial charge is 0.307 e. The maximum absolute atomic E-state index is 11.7. The van der Waals surface area contributed by atoms with Gasteiger partial charge in [-0.3, -0.25) is 4.79 Å². The van der Waals surface area contributed by atoms with Gasteiger partial charge in [-0.2, -0.15) is 0 Å². The molecule has 0 heterocycles. The second-order valence-electron chi connectivity index (χ2n) is 6.79. The Kier molecular flexibility index (Phi) is 6.27. The van der Waals surface area contributed by atoms with Crippen molar-refractivity contribution in [1.82, 2.24) is 5.32 Å². The first-order valence-electron chi connectivity index (χ1n) is 7.39. The number of ether oxygens (including phenoxy) is 1. The van der Waals surface area contributed by atoms with Crippen molar-refractivity contribution in [1.29, 1.82) is 0 Å². The van der Waals surface area contributed by atoms with Crippen LogP contribution in [-0.4, -0.2) is 35.4 Å². The highest BCUT2D eigenvalue weighted by atomic mass is 16.6. The molecule has 4 nitrogen and oxygen atoms in total. The molecule has 1 saturated carbocycles. The van der Waals surface area contributed by atoms with E-state index < -0.39 is 5.60 Å². The lowest BCUT2D eigenvalue weighted by molar-refractivity contribution is -0.155. The Morgan fingerprint density at radius 3 is 2.68 bits per heavy atom. The zero-order chi connectivity index (χ0) is 14.5. The topological polar surface area (TPSA) is 58.6 Å². The summed E-state index contributed by atoms with van der Waals surface area (Å²) in [6, 6.07) is 0.119. The number of carbonyl (C=O) groups excluding carboxylic acids is 1. The predicted octanol–water partition coefficient (Wildman–Crippen LogP) is 2.25. The molecule has 1 aliphatic rings. The third-order valence-electron chi connectivity index (χ3n) is 3.40. The first-order chi connectivity index (χ1) is 8.76. The average molecular weight is 271 g/mol. The van der Waals surface area contributed by atoms with Crippen LogP contribution in [0, 0.1) is 5.92 Å². The molecule has 0 aromatic rings. The maximum Gasteiger partial charge on any atom is 0.307 e. The lowest BCUT2D eigenvalue weighted by Crippen LogP contribution is -2.36. The Hall–Kier alpha value is -0.610. The second-order valence-corrected chi connectivity index (χ2v) is 6.79. The molecule has 2 N–H and O–H groups in total. The van der Waals surface area contributed by atoms with Gasteiger partial charge in [0.15, 0.2) is 0 Å². The van der Waals surface area contributed by atoms with E-state index in [1.54, 1.807) is 0 Å². The molecular formula is C15H29NO3. The van der Waals surface area contributed by atoms with Crippen molar-refractivity contribution in [3.63, 3.8) is 0 Å². The van der Waals surface area contributed by atoms with Crippen molar-refractivity contribution in [3.8, 4) is 0 Å². The Balaban J connectivity index is 2.20. The van der Waals surface area contributed by atoms with E-state index in [4.69, 9.17) is 4.74 Å². The Morgan fingerprint density at radius 1 is 1.42 bits per heavy atom. The first-order valence-corrected chi connectivity index (χ1v) is 7.39. The van der Waals surface area contributed by atoms with Crippen LogP contribution in [0.1, 0.15) is 59.8 Å². The molecule has 1 aliphatic carbocycles. The number of nitrogens with one attached hydrogen (secondary N) is 1. The fraction of sp³-hybridized carbons (Fsp3) is 0.933. The van der Waals surface area contributed by atoms with Gasteiger partial charge in [0.2, 0.25) is 0 Å². The van der Waals surface area contributed by atoms with Crippen molar-refractivity contribution in [2.45, 2.75) is 77.5 Å². The van der Waals surface area contributed by atoms with E-state index in [2.05, 4.69) is 5.32 Å². The molecule has 1 rings (SSSR count). The summed E-state index contributed by atoms with van der Waals surface area (Å²) in [5.74, 6) is 0.376. The molecule has 3 unspecified atom stereocenters. The minimum absolute atomic E-state index is 0.119. The average Bonchev–Trinajstić information content (AvgIpc) is 2.23. The molecule has 19 heavy (non-hydrogen) atoms. The van der Waals surface area contributed by atoms with Crippen LogP contribution >= 0.6 is 0 Å². The van der Waals surface area contributed by atoms with Crippen LogP contribution in [0.4, 0.5) is 0 Å². The third-order valence-corrected chi connectivity index (χ3v) is 3.40. The van der Waals surface area contributed by atoms with Crippen molar-refractivity contribution < 1.29 is 14.6 Å². The number of aliphatic hydroxyl groups is 1. The van der Waals surface area contributed by atoms with Gasteiger partial charge in [0.25, 0.3) is 0 Å². The van der Waals surface area contributed by atoms with E-state index in [9.17, 15) is 9.90 Å². The van der Waals surface area contributed by atoms with Gasteiger partial charge in [0, 0.05) is 6.04 Å². The third kappa shape index (κ3) is 7.53. The molecule has 0 radical (unpaired) electrons. The number of carbonyl (C=O) groups is 1. The predicted molar refractivity (Wildman–Crippen MR) is 75.9 cm³/mol. The fourth-order valence-corrected chi connectivity index (χ4v) is 2.52. The first kappa shape index (κ1) is 16.4. The molecule has 3 atom stereocenters. The summed E-state index contributed by atoms with van der Waals surface area (Å²) in [6.45, 7) is 8.52. The summed E-state index contributed by atoms with van der Waals surface area (Å²) >= 11 is 0. The molecule has 0 aliphatic heterocycles. The van der Waals surface area contributed by atoms with Crippen LogP contribution in [0.3, 0.4) is 0 Å². The number of hydrogen-bond acceptors (Lipinski definition) is 4. The van der Waals surface area contributed by atoms with Gasteiger partial charge in [-0.1, -0.05) is 6.42 Å². The van der Waals surface area contributed by atoms with E-state index in [0.717, 1.165) is 25.8 Å². The summed E-state index contributed by atoms with van der Waals surface area (Å²) in [4.78, 5) is 11.7. The van der Waals surface area contributed by atoms with Gasteiger partial charge in [0.05, 0.1) is 12.5 Å². The summed E-state index contributed by atoms with van der Waals surface area (Å²) in [5, 5.41) is 13.0. The standard InChI is InChI=1S/C15H29NO3/c1-11(8-14(18)19-15(2,3)4)16-10-12-6-5-7-13(17)9-12/h11-13,16-17H,5-10H2,1-4H3. The molecule has 112 valence electrons. The van der Waals surface area contributed by atoms with Gasteiger partial charge in [-0.05, 0) is 59.4 Å². The lowest BCUT2D eigenvalue weighted by atomic mass is 9.87. The van der Waals surface area contributed by atoms with E-state index in [0.29, 0.717) is 12.3 Å². The van der Waals surface area contributed by atoms with Gasteiger partial charge >= 0.3 is 5.97 Å². The molecular weight excluding hydrogens is 242 g/mol. The van der Waals surface area contributed by atoms with Crippen LogP contribution in [0.25, 0.3) is 0 Å². The van der Waals surface area contributed by atoms with Crippen LogP contribution in [0.5, 0.6) is 0 Å². The zero-order valence-corrected chi connectivity index (χ0v) is 12.7. The highest BCUT2D eigenvalue weighted by Crippen LogP contribution is 2.23. The van der Waals surface area contributed by atoms with Crippen molar-refractivity contribution in [3.05, 3.63) is 0 Å². The normalized spacial score (nSPS) is 25.9. The van der Waals surface area contributed by atoms with Crippen molar-refractivity contribution >= 4 is 5.97 Å².